The molecule has 1 aliphatic rings. The first-order valence-electron chi connectivity index (χ1n) is 10.2. The molecule has 0 bridgehead atoms. The normalized spacial score (nSPS) is 13.2. The molecular formula is C24H22N2O3S. The van der Waals surface area contributed by atoms with Gasteiger partial charge in [-0.25, -0.2) is 4.98 Å². The molecule has 0 saturated heterocycles. The van der Waals surface area contributed by atoms with Gasteiger partial charge in [-0.2, -0.15) is 0 Å². The Kier molecular flexibility index (Phi) is 5.24. The third-order valence-corrected chi connectivity index (χ3v) is 6.50. The van der Waals surface area contributed by atoms with E-state index < -0.39 is 0 Å². The molecule has 0 radical (unpaired) electrons. The fourth-order valence-corrected chi connectivity index (χ4v) is 5.11. The Morgan fingerprint density at radius 3 is 2.37 bits per heavy atom. The van der Waals surface area contributed by atoms with E-state index in [0.29, 0.717) is 19.0 Å². The molecule has 152 valence electrons. The molecule has 2 aromatic carbocycles. The van der Waals surface area contributed by atoms with Crippen molar-refractivity contribution in [3.63, 3.8) is 0 Å². The molecule has 0 fully saturated rings. The topological polar surface area (TPSA) is 64.2 Å². The van der Waals surface area contributed by atoms with Crippen molar-refractivity contribution >= 4 is 21.6 Å². The minimum absolute atomic E-state index is 0.0345. The summed E-state index contributed by atoms with van der Waals surface area (Å²) in [5, 5.41) is 0.789. The Hall–Kier alpha value is -3.12. The molecule has 6 heteroatoms. The molecule has 1 aliphatic carbocycles. The van der Waals surface area contributed by atoms with E-state index in [0.717, 1.165) is 46.5 Å². The molecule has 0 spiro atoms. The van der Waals surface area contributed by atoms with Crippen LogP contribution < -0.4 is 15.0 Å². The fraction of sp³-hybridized carbons (Fsp3) is 0.250. The monoisotopic (exact) mass is 418 g/mol. The Balaban J connectivity index is 1.28. The number of nitrogens with zero attached hydrogens (tertiary/aromatic N) is 1. The Bertz CT molecular complexity index is 1210. The summed E-state index contributed by atoms with van der Waals surface area (Å²) in [5.41, 5.74) is 2.05. The summed E-state index contributed by atoms with van der Waals surface area (Å²) in [5.74, 6) is 2.19. The van der Waals surface area contributed by atoms with Gasteiger partial charge in [-0.15, -0.1) is 11.3 Å². The zero-order valence-corrected chi connectivity index (χ0v) is 17.3. The molecule has 30 heavy (non-hydrogen) atoms. The molecule has 1 N–H and O–H groups in total. The van der Waals surface area contributed by atoms with Crippen molar-refractivity contribution in [2.75, 3.05) is 13.2 Å². The SMILES string of the molecule is O=c1[nH]c(-c2ccc(OCCOc3ccccc3)cc2)nc2sc3c(c12)CCCC3. The van der Waals surface area contributed by atoms with Crippen molar-refractivity contribution in [1.82, 2.24) is 9.97 Å². The van der Waals surface area contributed by atoms with Crippen molar-refractivity contribution in [2.24, 2.45) is 0 Å². The lowest BCUT2D eigenvalue weighted by Crippen LogP contribution is -2.11. The van der Waals surface area contributed by atoms with Crippen LogP contribution in [0, 0.1) is 0 Å². The fourth-order valence-electron chi connectivity index (χ4n) is 3.85. The van der Waals surface area contributed by atoms with Crippen LogP contribution in [0.1, 0.15) is 23.3 Å². The summed E-state index contributed by atoms with van der Waals surface area (Å²) in [7, 11) is 0. The minimum Gasteiger partial charge on any atom is -0.490 e. The van der Waals surface area contributed by atoms with Gasteiger partial charge in [-0.3, -0.25) is 4.79 Å². The first kappa shape index (κ1) is 18.9. The number of aromatic nitrogens is 2. The predicted molar refractivity (Wildman–Crippen MR) is 120 cm³/mol. The van der Waals surface area contributed by atoms with E-state index in [9.17, 15) is 4.79 Å². The number of aromatic amines is 1. The molecular weight excluding hydrogens is 396 g/mol. The molecule has 0 amide bonds. The highest BCUT2D eigenvalue weighted by Crippen LogP contribution is 2.34. The van der Waals surface area contributed by atoms with Crippen molar-refractivity contribution in [1.29, 1.82) is 0 Å². The number of fused-ring (bicyclic) bond motifs is 3. The number of thiophene rings is 1. The highest BCUT2D eigenvalue weighted by molar-refractivity contribution is 7.18. The molecule has 0 aliphatic heterocycles. The zero-order chi connectivity index (χ0) is 20.3. The molecule has 2 heterocycles. The number of rotatable bonds is 6. The average molecular weight is 419 g/mol. The maximum absolute atomic E-state index is 12.7. The van der Waals surface area contributed by atoms with Crippen LogP contribution in [0.5, 0.6) is 11.5 Å². The van der Waals surface area contributed by atoms with Gasteiger partial charge in [0.1, 0.15) is 35.4 Å². The van der Waals surface area contributed by atoms with Gasteiger partial charge < -0.3 is 14.5 Å². The second kappa shape index (κ2) is 8.32. The first-order chi connectivity index (χ1) is 14.8. The summed E-state index contributed by atoms with van der Waals surface area (Å²) < 4.78 is 11.4. The number of nitrogens with one attached hydrogen (secondary N) is 1. The molecule has 4 aromatic rings. The van der Waals surface area contributed by atoms with E-state index in [1.807, 2.05) is 54.6 Å². The first-order valence-corrected chi connectivity index (χ1v) is 11.1. The molecule has 0 unspecified atom stereocenters. The summed E-state index contributed by atoms with van der Waals surface area (Å²) in [6, 6.07) is 17.3. The number of benzene rings is 2. The van der Waals surface area contributed by atoms with Gasteiger partial charge in [0.15, 0.2) is 0 Å². The zero-order valence-electron chi connectivity index (χ0n) is 16.5. The van der Waals surface area contributed by atoms with Gasteiger partial charge in [-0.05, 0) is 67.6 Å². The predicted octanol–water partition coefficient (Wildman–Crippen LogP) is 4.99. The maximum Gasteiger partial charge on any atom is 0.260 e. The lowest BCUT2D eigenvalue weighted by Gasteiger charge is -2.10. The van der Waals surface area contributed by atoms with Gasteiger partial charge in [-0.1, -0.05) is 18.2 Å². The Labute approximate surface area is 178 Å². The van der Waals surface area contributed by atoms with Crippen molar-refractivity contribution in [3.05, 3.63) is 75.4 Å². The van der Waals surface area contributed by atoms with Crippen LogP contribution in [0.25, 0.3) is 21.6 Å². The van der Waals surface area contributed by atoms with Gasteiger partial charge in [0.2, 0.25) is 0 Å². The van der Waals surface area contributed by atoms with Crippen LogP contribution in [0.3, 0.4) is 0 Å². The standard InChI is InChI=1S/C24H22N2O3S/c27-23-21-19-8-4-5-9-20(19)30-24(21)26-22(25-23)16-10-12-18(13-11-16)29-15-14-28-17-6-2-1-3-7-17/h1-3,6-7,10-13H,4-5,8-9,14-15H2,(H,25,26,27). The largest absolute Gasteiger partial charge is 0.490 e. The third-order valence-electron chi connectivity index (χ3n) is 5.32. The summed E-state index contributed by atoms with van der Waals surface area (Å²) >= 11 is 1.67. The number of hydrogen-bond acceptors (Lipinski definition) is 5. The van der Waals surface area contributed by atoms with E-state index in [-0.39, 0.29) is 5.56 Å². The number of ether oxygens (including phenoxy) is 2. The lowest BCUT2D eigenvalue weighted by molar-refractivity contribution is 0.217. The highest BCUT2D eigenvalue weighted by atomic mass is 32.1. The van der Waals surface area contributed by atoms with Crippen molar-refractivity contribution in [3.8, 4) is 22.9 Å². The quantitative estimate of drug-likeness (QED) is 0.448. The summed E-state index contributed by atoms with van der Waals surface area (Å²) in [6.45, 7) is 0.927. The lowest BCUT2D eigenvalue weighted by atomic mass is 9.97. The number of para-hydroxylation sites is 1. The van der Waals surface area contributed by atoms with Crippen molar-refractivity contribution < 1.29 is 9.47 Å². The molecule has 0 atom stereocenters. The number of H-pyrrole nitrogens is 1. The van der Waals surface area contributed by atoms with E-state index in [2.05, 4.69) is 4.98 Å². The van der Waals surface area contributed by atoms with Crippen LogP contribution >= 0.6 is 11.3 Å². The van der Waals surface area contributed by atoms with E-state index in [1.54, 1.807) is 11.3 Å². The second-order valence-electron chi connectivity index (χ2n) is 7.34. The molecule has 0 saturated carbocycles. The summed E-state index contributed by atoms with van der Waals surface area (Å²) in [6.07, 6.45) is 4.39. The second-order valence-corrected chi connectivity index (χ2v) is 8.42. The van der Waals surface area contributed by atoms with Gasteiger partial charge in [0.25, 0.3) is 5.56 Å². The van der Waals surface area contributed by atoms with E-state index >= 15 is 0 Å². The van der Waals surface area contributed by atoms with Gasteiger partial charge in [0, 0.05) is 10.4 Å². The van der Waals surface area contributed by atoms with Gasteiger partial charge in [0.05, 0.1) is 5.39 Å². The van der Waals surface area contributed by atoms with E-state index in [4.69, 9.17) is 14.5 Å². The van der Waals surface area contributed by atoms with Crippen LogP contribution in [-0.4, -0.2) is 23.2 Å². The highest BCUT2D eigenvalue weighted by Gasteiger charge is 2.20. The van der Waals surface area contributed by atoms with Crippen molar-refractivity contribution in [2.45, 2.75) is 25.7 Å². The minimum atomic E-state index is -0.0345. The Morgan fingerprint density at radius 2 is 1.60 bits per heavy atom. The molecule has 5 nitrogen and oxygen atoms in total. The third kappa shape index (κ3) is 3.83. The maximum atomic E-state index is 12.7. The van der Waals surface area contributed by atoms with Crippen LogP contribution in [0.4, 0.5) is 0 Å². The van der Waals surface area contributed by atoms with Gasteiger partial charge >= 0.3 is 0 Å². The van der Waals surface area contributed by atoms with E-state index in [1.165, 1.54) is 16.9 Å². The molecule has 5 rings (SSSR count). The Morgan fingerprint density at radius 1 is 0.900 bits per heavy atom. The van der Waals surface area contributed by atoms with Crippen LogP contribution in [-0.2, 0) is 12.8 Å². The van der Waals surface area contributed by atoms with Crippen LogP contribution in [0.15, 0.2) is 59.4 Å². The van der Waals surface area contributed by atoms with Crippen LogP contribution in [0.2, 0.25) is 0 Å². The number of aryl methyl sites for hydroxylation is 2. The average Bonchev–Trinajstić information content (AvgIpc) is 3.17. The smallest absolute Gasteiger partial charge is 0.260 e. The number of hydrogen-bond donors (Lipinski definition) is 1. The summed E-state index contributed by atoms with van der Waals surface area (Å²) in [4.78, 5) is 22.6. The molecule has 2 aromatic heterocycles.